The predicted octanol–water partition coefficient (Wildman–Crippen LogP) is 4.12. The van der Waals surface area contributed by atoms with Crippen LogP contribution < -0.4 is 10.6 Å². The van der Waals surface area contributed by atoms with Crippen molar-refractivity contribution in [3.05, 3.63) is 77.0 Å². The van der Waals surface area contributed by atoms with Crippen LogP contribution in [0.15, 0.2) is 60.3 Å². The highest BCUT2D eigenvalue weighted by molar-refractivity contribution is 6.09. The van der Waals surface area contributed by atoms with Gasteiger partial charge in [-0.2, -0.15) is 5.26 Å². The lowest BCUT2D eigenvalue weighted by atomic mass is 10.1. The molecule has 2 rings (SSSR count). The second kappa shape index (κ2) is 10.7. The molecule has 0 spiro atoms. The average molecular weight is 391 g/mol. The molecule has 0 heterocycles. The number of esters is 1. The number of anilines is 1. The SMILES string of the molecule is CCOC(=O)c1ccccc1NC(=O)/C(C#N)=C\NC(C)c1ccc(CC)cc1. The first-order chi connectivity index (χ1) is 14.0. The number of carbonyl (C=O) groups is 2. The van der Waals surface area contributed by atoms with Crippen LogP contribution in [0.5, 0.6) is 0 Å². The van der Waals surface area contributed by atoms with Gasteiger partial charge in [-0.05, 0) is 43.5 Å². The quantitative estimate of drug-likeness (QED) is 0.401. The van der Waals surface area contributed by atoms with Crippen LogP contribution >= 0.6 is 0 Å². The molecule has 0 aliphatic heterocycles. The van der Waals surface area contributed by atoms with Gasteiger partial charge >= 0.3 is 5.97 Å². The first-order valence-electron chi connectivity index (χ1n) is 9.52. The van der Waals surface area contributed by atoms with Crippen molar-refractivity contribution in [3.8, 4) is 6.07 Å². The van der Waals surface area contributed by atoms with Crippen molar-refractivity contribution >= 4 is 17.6 Å². The molecule has 1 amide bonds. The number of hydrogen-bond acceptors (Lipinski definition) is 5. The third kappa shape index (κ3) is 5.94. The average Bonchev–Trinajstić information content (AvgIpc) is 2.74. The molecular weight excluding hydrogens is 366 g/mol. The van der Waals surface area contributed by atoms with E-state index in [0.29, 0.717) is 5.69 Å². The van der Waals surface area contributed by atoms with E-state index in [1.807, 2.05) is 25.1 Å². The number of ether oxygens (including phenoxy) is 1. The number of para-hydroxylation sites is 1. The number of nitriles is 1. The summed E-state index contributed by atoms with van der Waals surface area (Å²) in [4.78, 5) is 24.6. The predicted molar refractivity (Wildman–Crippen MR) is 112 cm³/mol. The van der Waals surface area contributed by atoms with E-state index in [-0.39, 0.29) is 23.8 Å². The Labute approximate surface area is 171 Å². The van der Waals surface area contributed by atoms with E-state index in [2.05, 4.69) is 29.7 Å². The molecule has 6 nitrogen and oxygen atoms in total. The maximum absolute atomic E-state index is 12.5. The van der Waals surface area contributed by atoms with Crippen LogP contribution in [0.3, 0.4) is 0 Å². The van der Waals surface area contributed by atoms with Gasteiger partial charge in [-0.25, -0.2) is 4.79 Å². The molecule has 150 valence electrons. The van der Waals surface area contributed by atoms with E-state index in [1.54, 1.807) is 31.2 Å². The molecule has 2 aromatic carbocycles. The van der Waals surface area contributed by atoms with Crippen molar-refractivity contribution in [1.29, 1.82) is 5.26 Å². The van der Waals surface area contributed by atoms with Gasteiger partial charge in [0.1, 0.15) is 11.6 Å². The Morgan fingerprint density at radius 3 is 2.45 bits per heavy atom. The molecule has 0 radical (unpaired) electrons. The molecule has 0 aliphatic rings. The normalized spacial score (nSPS) is 11.9. The zero-order valence-electron chi connectivity index (χ0n) is 16.9. The second-order valence-corrected chi connectivity index (χ2v) is 6.37. The highest BCUT2D eigenvalue weighted by Gasteiger charge is 2.16. The molecule has 29 heavy (non-hydrogen) atoms. The van der Waals surface area contributed by atoms with Gasteiger partial charge in [0, 0.05) is 12.2 Å². The number of aryl methyl sites for hydroxylation is 1. The number of benzene rings is 2. The topological polar surface area (TPSA) is 91.2 Å². The Balaban J connectivity index is 2.10. The van der Waals surface area contributed by atoms with Crippen molar-refractivity contribution < 1.29 is 14.3 Å². The summed E-state index contributed by atoms with van der Waals surface area (Å²) < 4.78 is 5.00. The van der Waals surface area contributed by atoms with Gasteiger partial charge in [-0.1, -0.05) is 43.3 Å². The highest BCUT2D eigenvalue weighted by atomic mass is 16.5. The van der Waals surface area contributed by atoms with Crippen molar-refractivity contribution in [2.45, 2.75) is 33.2 Å². The van der Waals surface area contributed by atoms with Gasteiger partial charge in [0.05, 0.1) is 17.9 Å². The maximum atomic E-state index is 12.5. The lowest BCUT2D eigenvalue weighted by molar-refractivity contribution is -0.112. The van der Waals surface area contributed by atoms with E-state index in [9.17, 15) is 14.9 Å². The van der Waals surface area contributed by atoms with Gasteiger partial charge in [0.2, 0.25) is 0 Å². The van der Waals surface area contributed by atoms with E-state index in [4.69, 9.17) is 4.74 Å². The molecule has 0 saturated heterocycles. The Morgan fingerprint density at radius 2 is 1.83 bits per heavy atom. The Morgan fingerprint density at radius 1 is 1.14 bits per heavy atom. The van der Waals surface area contributed by atoms with Crippen molar-refractivity contribution in [2.24, 2.45) is 0 Å². The fourth-order valence-electron chi connectivity index (χ4n) is 2.66. The fraction of sp³-hybridized carbons (Fsp3) is 0.261. The molecule has 2 aromatic rings. The Hall–Kier alpha value is -3.59. The minimum atomic E-state index is -0.606. The zero-order chi connectivity index (χ0) is 21.2. The molecule has 0 saturated carbocycles. The summed E-state index contributed by atoms with van der Waals surface area (Å²) in [5, 5.41) is 15.1. The van der Waals surface area contributed by atoms with E-state index >= 15 is 0 Å². The molecule has 0 bridgehead atoms. The van der Waals surface area contributed by atoms with Gasteiger partial charge in [0.15, 0.2) is 0 Å². The summed E-state index contributed by atoms with van der Waals surface area (Å²) in [5.74, 6) is -1.14. The first kappa shape index (κ1) is 21.7. The third-order valence-corrected chi connectivity index (χ3v) is 4.40. The van der Waals surface area contributed by atoms with Crippen molar-refractivity contribution in [1.82, 2.24) is 5.32 Å². The number of nitrogens with one attached hydrogen (secondary N) is 2. The molecular formula is C23H25N3O3. The van der Waals surface area contributed by atoms with Crippen LogP contribution in [-0.2, 0) is 16.0 Å². The Bertz CT molecular complexity index is 927. The summed E-state index contributed by atoms with van der Waals surface area (Å²) in [6.07, 6.45) is 2.36. The number of rotatable bonds is 8. The highest BCUT2D eigenvalue weighted by Crippen LogP contribution is 2.18. The minimum Gasteiger partial charge on any atom is -0.462 e. The summed E-state index contributed by atoms with van der Waals surface area (Å²) in [5.41, 5.74) is 2.72. The molecule has 0 aliphatic carbocycles. The van der Waals surface area contributed by atoms with Gasteiger partial charge in [0.25, 0.3) is 5.91 Å². The largest absolute Gasteiger partial charge is 0.462 e. The van der Waals surface area contributed by atoms with Crippen LogP contribution in [0.25, 0.3) is 0 Å². The number of amides is 1. The molecule has 0 aromatic heterocycles. The number of hydrogen-bond donors (Lipinski definition) is 2. The summed E-state index contributed by atoms with van der Waals surface area (Å²) in [6, 6.07) is 16.5. The van der Waals surface area contributed by atoms with E-state index < -0.39 is 11.9 Å². The van der Waals surface area contributed by atoms with E-state index in [0.717, 1.165) is 12.0 Å². The summed E-state index contributed by atoms with van der Waals surface area (Å²) >= 11 is 0. The zero-order valence-corrected chi connectivity index (χ0v) is 16.9. The number of nitrogens with zero attached hydrogens (tertiary/aromatic N) is 1. The van der Waals surface area contributed by atoms with Gasteiger partial charge in [-0.3, -0.25) is 4.79 Å². The van der Waals surface area contributed by atoms with Crippen LogP contribution in [0, 0.1) is 11.3 Å². The van der Waals surface area contributed by atoms with Gasteiger partial charge < -0.3 is 15.4 Å². The van der Waals surface area contributed by atoms with Crippen LogP contribution in [-0.4, -0.2) is 18.5 Å². The smallest absolute Gasteiger partial charge is 0.340 e. The standard InChI is InChI=1S/C23H25N3O3/c1-4-17-10-12-18(13-11-17)16(3)25-15-19(14-24)22(27)26-21-9-7-6-8-20(21)23(28)29-5-2/h6-13,15-16,25H,4-5H2,1-3H3,(H,26,27)/b19-15-. The Kier molecular flexibility index (Phi) is 7.99. The minimum absolute atomic E-state index is 0.0797. The second-order valence-electron chi connectivity index (χ2n) is 6.37. The molecule has 1 unspecified atom stereocenters. The monoisotopic (exact) mass is 391 g/mol. The molecule has 6 heteroatoms. The lowest BCUT2D eigenvalue weighted by Crippen LogP contribution is -2.20. The summed E-state index contributed by atoms with van der Waals surface area (Å²) in [6.45, 7) is 5.97. The first-order valence-corrected chi connectivity index (χ1v) is 9.52. The van der Waals surface area contributed by atoms with Gasteiger partial charge in [-0.15, -0.1) is 0 Å². The fourth-order valence-corrected chi connectivity index (χ4v) is 2.66. The van der Waals surface area contributed by atoms with E-state index in [1.165, 1.54) is 11.8 Å². The third-order valence-electron chi connectivity index (χ3n) is 4.40. The van der Waals surface area contributed by atoms with Crippen LogP contribution in [0.1, 0.15) is 48.3 Å². The van der Waals surface area contributed by atoms with Crippen LogP contribution in [0.4, 0.5) is 5.69 Å². The molecule has 0 fully saturated rings. The molecule has 2 N–H and O–H groups in total. The molecule has 1 atom stereocenters. The maximum Gasteiger partial charge on any atom is 0.340 e. The lowest BCUT2D eigenvalue weighted by Gasteiger charge is -2.14. The van der Waals surface area contributed by atoms with Crippen molar-refractivity contribution in [3.63, 3.8) is 0 Å². The number of carbonyl (C=O) groups excluding carboxylic acids is 2. The van der Waals surface area contributed by atoms with Crippen molar-refractivity contribution in [2.75, 3.05) is 11.9 Å². The summed E-state index contributed by atoms with van der Waals surface area (Å²) in [7, 11) is 0. The van der Waals surface area contributed by atoms with Crippen LogP contribution in [0.2, 0.25) is 0 Å².